The van der Waals surface area contributed by atoms with E-state index >= 15 is 0 Å². The van der Waals surface area contributed by atoms with Crippen LogP contribution in [0.15, 0.2) is 0 Å². The summed E-state index contributed by atoms with van der Waals surface area (Å²) in [6.07, 6.45) is 1.32. The summed E-state index contributed by atoms with van der Waals surface area (Å²) in [5.41, 5.74) is 0.902. The summed E-state index contributed by atoms with van der Waals surface area (Å²) >= 11 is 0. The van der Waals surface area contributed by atoms with E-state index in [1.807, 2.05) is 13.8 Å². The second-order valence-corrected chi connectivity index (χ2v) is 4.12. The molecule has 0 saturated carbocycles. The van der Waals surface area contributed by atoms with Crippen LogP contribution in [-0.4, -0.2) is 33.4 Å². The summed E-state index contributed by atoms with van der Waals surface area (Å²) in [4.78, 5) is 23.2. The number of esters is 1. The number of aromatic nitrogens is 3. The second-order valence-electron chi connectivity index (χ2n) is 4.12. The molecular weight excluding hydrogens is 234 g/mol. The van der Waals surface area contributed by atoms with Gasteiger partial charge in [0.15, 0.2) is 17.5 Å². The first kappa shape index (κ1) is 14.3. The van der Waals surface area contributed by atoms with Crippen LogP contribution < -0.4 is 0 Å². The lowest BCUT2D eigenvalue weighted by Crippen LogP contribution is -2.24. The maximum Gasteiger partial charge on any atom is 0.330 e. The molecule has 0 radical (unpaired) electrons. The molecule has 1 rings (SSSR count). The van der Waals surface area contributed by atoms with Crippen LogP contribution in [0.5, 0.6) is 0 Å². The molecule has 1 heterocycles. The van der Waals surface area contributed by atoms with Gasteiger partial charge >= 0.3 is 5.97 Å². The van der Waals surface area contributed by atoms with Gasteiger partial charge in [0.1, 0.15) is 0 Å². The summed E-state index contributed by atoms with van der Waals surface area (Å²) in [6.45, 7) is 7.35. The van der Waals surface area contributed by atoms with Gasteiger partial charge in [-0.05, 0) is 19.8 Å². The van der Waals surface area contributed by atoms with Crippen LogP contribution in [0.25, 0.3) is 0 Å². The summed E-state index contributed by atoms with van der Waals surface area (Å²) in [6, 6.07) is -0.517. The summed E-state index contributed by atoms with van der Waals surface area (Å²) in [5, 5.41) is 7.68. The van der Waals surface area contributed by atoms with Crippen LogP contribution >= 0.6 is 0 Å². The van der Waals surface area contributed by atoms with E-state index in [9.17, 15) is 9.59 Å². The Morgan fingerprint density at radius 3 is 2.50 bits per heavy atom. The number of Topliss-reactive ketones (excluding diaryl/α,β-unsaturated/α-hetero) is 1. The van der Waals surface area contributed by atoms with Crippen molar-refractivity contribution in [2.24, 2.45) is 0 Å². The number of hydrogen-bond acceptors (Lipinski definition) is 5. The molecule has 100 valence electrons. The number of ketones is 1. The molecule has 0 amide bonds. The fraction of sp³-hybridized carbons (Fsp3) is 0.667. The predicted molar refractivity (Wildman–Crippen MR) is 65.3 cm³/mol. The van der Waals surface area contributed by atoms with Crippen LogP contribution in [0.3, 0.4) is 0 Å². The number of ether oxygens (including phenoxy) is 1. The van der Waals surface area contributed by atoms with Crippen molar-refractivity contribution in [2.45, 2.75) is 46.6 Å². The standard InChI is InChI=1S/C12H19N3O3/c1-5-7-18-12(17)10(6-2)15-8(3)11(9(4)16)13-14-15/h10H,5-7H2,1-4H3. The molecule has 0 aliphatic carbocycles. The van der Waals surface area contributed by atoms with Crippen molar-refractivity contribution in [1.82, 2.24) is 15.0 Å². The van der Waals surface area contributed by atoms with Gasteiger partial charge in [-0.15, -0.1) is 5.10 Å². The molecular formula is C12H19N3O3. The van der Waals surface area contributed by atoms with Gasteiger partial charge < -0.3 is 4.74 Å². The summed E-state index contributed by atoms with van der Waals surface area (Å²) < 4.78 is 6.58. The van der Waals surface area contributed by atoms with Gasteiger partial charge in [-0.25, -0.2) is 9.48 Å². The monoisotopic (exact) mass is 253 g/mol. The topological polar surface area (TPSA) is 74.1 Å². The van der Waals surface area contributed by atoms with Crippen molar-refractivity contribution in [3.8, 4) is 0 Å². The summed E-state index contributed by atoms with van der Waals surface area (Å²) in [7, 11) is 0. The van der Waals surface area contributed by atoms with Gasteiger partial charge in [-0.3, -0.25) is 4.79 Å². The zero-order valence-corrected chi connectivity index (χ0v) is 11.3. The molecule has 1 unspecified atom stereocenters. The van der Waals surface area contributed by atoms with Gasteiger partial charge in [0.2, 0.25) is 0 Å². The quantitative estimate of drug-likeness (QED) is 0.569. The van der Waals surface area contributed by atoms with Gasteiger partial charge in [-0.2, -0.15) is 0 Å². The van der Waals surface area contributed by atoms with E-state index < -0.39 is 6.04 Å². The van der Waals surface area contributed by atoms with E-state index in [1.54, 1.807) is 6.92 Å². The Kier molecular flexibility index (Phi) is 5.00. The molecule has 0 fully saturated rings. The molecule has 0 bridgehead atoms. The van der Waals surface area contributed by atoms with Crippen LogP contribution in [0.2, 0.25) is 0 Å². The maximum absolute atomic E-state index is 11.9. The van der Waals surface area contributed by atoms with E-state index in [0.717, 1.165) is 6.42 Å². The molecule has 0 aliphatic heterocycles. The Morgan fingerprint density at radius 1 is 1.39 bits per heavy atom. The van der Waals surface area contributed by atoms with Crippen LogP contribution in [0.1, 0.15) is 55.8 Å². The van der Waals surface area contributed by atoms with Crippen molar-refractivity contribution in [2.75, 3.05) is 6.61 Å². The average molecular weight is 253 g/mol. The lowest BCUT2D eigenvalue weighted by Gasteiger charge is -2.15. The van der Waals surface area contributed by atoms with E-state index in [2.05, 4.69) is 10.3 Å². The third kappa shape index (κ3) is 2.94. The molecule has 1 aromatic heterocycles. The van der Waals surface area contributed by atoms with E-state index in [1.165, 1.54) is 11.6 Å². The Bertz CT molecular complexity index is 440. The van der Waals surface area contributed by atoms with Crippen molar-refractivity contribution < 1.29 is 14.3 Å². The van der Waals surface area contributed by atoms with Gasteiger partial charge in [0.25, 0.3) is 0 Å². The van der Waals surface area contributed by atoms with Crippen molar-refractivity contribution >= 4 is 11.8 Å². The number of carbonyl (C=O) groups is 2. The van der Waals surface area contributed by atoms with E-state index in [0.29, 0.717) is 24.4 Å². The fourth-order valence-corrected chi connectivity index (χ4v) is 1.70. The highest BCUT2D eigenvalue weighted by molar-refractivity contribution is 5.93. The molecule has 1 aromatic rings. The van der Waals surface area contributed by atoms with Gasteiger partial charge in [-0.1, -0.05) is 19.1 Å². The van der Waals surface area contributed by atoms with Crippen molar-refractivity contribution in [3.05, 3.63) is 11.4 Å². The van der Waals surface area contributed by atoms with Crippen LogP contribution in [0.4, 0.5) is 0 Å². The first-order chi connectivity index (χ1) is 8.52. The second kappa shape index (κ2) is 6.28. The number of nitrogens with zero attached hydrogens (tertiary/aromatic N) is 3. The maximum atomic E-state index is 11.9. The number of rotatable bonds is 6. The highest BCUT2D eigenvalue weighted by atomic mass is 16.5. The Labute approximate surface area is 106 Å². The minimum Gasteiger partial charge on any atom is -0.464 e. The molecule has 6 nitrogen and oxygen atoms in total. The van der Waals surface area contributed by atoms with E-state index in [4.69, 9.17) is 4.74 Å². The zero-order chi connectivity index (χ0) is 13.7. The van der Waals surface area contributed by atoms with Gasteiger partial charge in [0, 0.05) is 6.92 Å². The Balaban J connectivity index is 2.95. The molecule has 6 heteroatoms. The lowest BCUT2D eigenvalue weighted by molar-refractivity contribution is -0.148. The van der Waals surface area contributed by atoms with Crippen LogP contribution in [0, 0.1) is 6.92 Å². The normalized spacial score (nSPS) is 12.2. The molecule has 0 aliphatic rings. The Morgan fingerprint density at radius 2 is 2.06 bits per heavy atom. The highest BCUT2D eigenvalue weighted by Gasteiger charge is 2.25. The van der Waals surface area contributed by atoms with Crippen molar-refractivity contribution in [1.29, 1.82) is 0 Å². The molecule has 0 saturated heterocycles. The first-order valence-corrected chi connectivity index (χ1v) is 6.12. The zero-order valence-electron chi connectivity index (χ0n) is 11.3. The lowest BCUT2D eigenvalue weighted by atomic mass is 10.2. The summed E-state index contributed by atoms with van der Waals surface area (Å²) in [5.74, 6) is -0.488. The molecule has 0 N–H and O–H groups in total. The molecule has 0 aromatic carbocycles. The smallest absolute Gasteiger partial charge is 0.330 e. The first-order valence-electron chi connectivity index (χ1n) is 6.12. The number of carbonyl (C=O) groups excluding carboxylic acids is 2. The highest BCUT2D eigenvalue weighted by Crippen LogP contribution is 2.16. The van der Waals surface area contributed by atoms with E-state index in [-0.39, 0.29) is 11.8 Å². The largest absolute Gasteiger partial charge is 0.464 e. The molecule has 1 atom stereocenters. The number of hydrogen-bond donors (Lipinski definition) is 0. The van der Waals surface area contributed by atoms with Gasteiger partial charge in [0.05, 0.1) is 12.3 Å². The Hall–Kier alpha value is -1.72. The average Bonchev–Trinajstić information content (AvgIpc) is 2.70. The SMILES string of the molecule is CCCOC(=O)C(CC)n1nnc(C(C)=O)c1C. The molecule has 0 spiro atoms. The fourth-order valence-electron chi connectivity index (χ4n) is 1.70. The minimum absolute atomic E-state index is 0.157. The third-order valence-electron chi connectivity index (χ3n) is 2.66. The van der Waals surface area contributed by atoms with Crippen LogP contribution in [-0.2, 0) is 9.53 Å². The minimum atomic E-state index is -0.517. The third-order valence-corrected chi connectivity index (χ3v) is 2.66. The molecule has 18 heavy (non-hydrogen) atoms. The van der Waals surface area contributed by atoms with Crippen molar-refractivity contribution in [3.63, 3.8) is 0 Å². The predicted octanol–water partition coefficient (Wildman–Crippen LogP) is 1.69.